The first kappa shape index (κ1) is 23.7. The zero-order valence-corrected chi connectivity index (χ0v) is 24.1. The van der Waals surface area contributed by atoms with E-state index in [0.29, 0.717) is 6.01 Å². The van der Waals surface area contributed by atoms with E-state index in [2.05, 4.69) is 140 Å². The largest absolute Gasteiger partial charge is 0.422 e. The maximum atomic E-state index is 6.68. The van der Waals surface area contributed by atoms with Crippen molar-refractivity contribution in [3.63, 3.8) is 0 Å². The smallest absolute Gasteiger partial charge is 0.307 e. The molecule has 1 aliphatic carbocycles. The van der Waals surface area contributed by atoms with Crippen molar-refractivity contribution in [1.29, 1.82) is 0 Å². The van der Waals surface area contributed by atoms with Gasteiger partial charge in [-0.25, -0.2) is 0 Å². The Bertz CT molecular complexity index is 2350. The van der Waals surface area contributed by atoms with Crippen LogP contribution in [0.5, 0.6) is 0 Å². The third-order valence-corrected chi connectivity index (χ3v) is 10.1. The summed E-state index contributed by atoms with van der Waals surface area (Å²) < 4.78 is 9.25. The molecule has 42 heavy (non-hydrogen) atoms. The predicted molar refractivity (Wildman–Crippen MR) is 177 cm³/mol. The van der Waals surface area contributed by atoms with Gasteiger partial charge in [0.1, 0.15) is 5.52 Å². The second-order valence-electron chi connectivity index (χ2n) is 11.6. The number of hydrogen-bond acceptors (Lipinski definition) is 4. The molecule has 8 aromatic rings. The fourth-order valence-electron chi connectivity index (χ4n) is 6.79. The molecule has 2 aromatic heterocycles. The van der Waals surface area contributed by atoms with Crippen molar-refractivity contribution in [2.75, 3.05) is 4.90 Å². The van der Waals surface area contributed by atoms with E-state index in [-0.39, 0.29) is 5.41 Å². The lowest BCUT2D eigenvalue weighted by molar-refractivity contribution is 0.611. The van der Waals surface area contributed by atoms with E-state index in [1.807, 2.05) is 11.3 Å². The molecule has 0 unspecified atom stereocenters. The van der Waals surface area contributed by atoms with E-state index in [4.69, 9.17) is 9.40 Å². The summed E-state index contributed by atoms with van der Waals surface area (Å²) in [4.78, 5) is 7.26. The van der Waals surface area contributed by atoms with E-state index in [0.717, 1.165) is 33.2 Å². The molecule has 0 spiro atoms. The van der Waals surface area contributed by atoms with E-state index < -0.39 is 0 Å². The predicted octanol–water partition coefficient (Wildman–Crippen LogP) is 11.1. The van der Waals surface area contributed by atoms with E-state index in [1.165, 1.54) is 42.4 Å². The molecule has 0 saturated heterocycles. The maximum Gasteiger partial charge on any atom is 0.307 e. The van der Waals surface area contributed by atoms with Crippen LogP contribution in [-0.2, 0) is 5.41 Å². The van der Waals surface area contributed by atoms with Crippen molar-refractivity contribution in [3.05, 3.63) is 132 Å². The van der Waals surface area contributed by atoms with Crippen molar-refractivity contribution >= 4 is 70.8 Å². The lowest BCUT2D eigenvalue weighted by Gasteiger charge is -2.25. The minimum atomic E-state index is -0.112. The number of anilines is 3. The van der Waals surface area contributed by atoms with Crippen LogP contribution in [0.2, 0.25) is 0 Å². The van der Waals surface area contributed by atoms with Crippen LogP contribution in [-0.4, -0.2) is 4.98 Å². The van der Waals surface area contributed by atoms with Crippen LogP contribution in [0, 0.1) is 0 Å². The number of aromatic nitrogens is 1. The average Bonchev–Trinajstić information content (AvgIpc) is 3.68. The summed E-state index contributed by atoms with van der Waals surface area (Å²) in [5.41, 5.74) is 8.89. The number of nitrogens with zero attached hydrogens (tertiary/aromatic N) is 2. The molecule has 0 bridgehead atoms. The van der Waals surface area contributed by atoms with Gasteiger partial charge < -0.3 is 4.42 Å². The summed E-state index contributed by atoms with van der Waals surface area (Å²) in [7, 11) is 0. The van der Waals surface area contributed by atoms with Gasteiger partial charge in [0.05, 0.1) is 11.4 Å². The number of fused-ring (bicyclic) bond motifs is 9. The molecule has 9 rings (SSSR count). The fraction of sp³-hybridized carbons (Fsp3) is 0.0789. The van der Waals surface area contributed by atoms with Gasteiger partial charge in [0.25, 0.3) is 0 Å². The molecule has 0 radical (unpaired) electrons. The molecule has 0 atom stereocenters. The summed E-state index contributed by atoms with van der Waals surface area (Å²) in [5.74, 6) is 0. The second-order valence-corrected chi connectivity index (χ2v) is 12.7. The highest BCUT2D eigenvalue weighted by molar-refractivity contribution is 7.25. The summed E-state index contributed by atoms with van der Waals surface area (Å²) in [5, 5.41) is 4.72. The van der Waals surface area contributed by atoms with Gasteiger partial charge in [-0.2, -0.15) is 4.98 Å². The highest BCUT2D eigenvalue weighted by Gasteiger charge is 2.36. The van der Waals surface area contributed by atoms with Crippen LogP contribution < -0.4 is 4.90 Å². The van der Waals surface area contributed by atoms with Gasteiger partial charge in [-0.1, -0.05) is 92.7 Å². The number of oxazole rings is 1. The number of hydrogen-bond donors (Lipinski definition) is 0. The molecule has 6 aromatic carbocycles. The van der Waals surface area contributed by atoms with Crippen LogP contribution in [0.1, 0.15) is 25.0 Å². The quantitative estimate of drug-likeness (QED) is 0.216. The molecule has 0 aliphatic heterocycles. The number of rotatable bonds is 3. The van der Waals surface area contributed by atoms with Crippen LogP contribution in [0.3, 0.4) is 0 Å². The molecule has 0 saturated carbocycles. The number of thiophene rings is 1. The van der Waals surface area contributed by atoms with Crippen LogP contribution in [0.15, 0.2) is 126 Å². The monoisotopic (exact) mass is 558 g/mol. The van der Waals surface area contributed by atoms with Gasteiger partial charge >= 0.3 is 6.01 Å². The highest BCUT2D eigenvalue weighted by atomic mass is 32.1. The molecule has 2 heterocycles. The summed E-state index contributed by atoms with van der Waals surface area (Å²) in [6, 6.07) is 44.0. The van der Waals surface area contributed by atoms with Crippen LogP contribution >= 0.6 is 11.3 Å². The van der Waals surface area contributed by atoms with Crippen molar-refractivity contribution in [1.82, 2.24) is 4.98 Å². The van der Waals surface area contributed by atoms with Gasteiger partial charge in [-0.3, -0.25) is 4.90 Å². The van der Waals surface area contributed by atoms with Crippen molar-refractivity contribution in [2.24, 2.45) is 0 Å². The highest BCUT2D eigenvalue weighted by Crippen LogP contribution is 2.51. The Morgan fingerprint density at radius 2 is 1.33 bits per heavy atom. The first-order valence-corrected chi connectivity index (χ1v) is 15.1. The third-order valence-electron chi connectivity index (χ3n) is 8.90. The zero-order valence-electron chi connectivity index (χ0n) is 23.3. The Kier molecular flexibility index (Phi) is 4.83. The summed E-state index contributed by atoms with van der Waals surface area (Å²) in [6.07, 6.45) is 0. The molecule has 0 N–H and O–H groups in total. The van der Waals surface area contributed by atoms with Gasteiger partial charge in [0.15, 0.2) is 5.58 Å². The standard InChI is InChI=1S/C38H26N2OS/c1-38(2)31-13-7-5-11-27(31)28-18-16-25(22-32(28)38)40(24-17-20-35-30(21-24)29-12-6-8-14-34(29)42-35)37-39-33-19-15-23-9-3-4-10-26(23)36(33)41-37/h3-22H,1-2H3. The van der Waals surface area contributed by atoms with E-state index in [9.17, 15) is 0 Å². The van der Waals surface area contributed by atoms with Gasteiger partial charge in [-0.15, -0.1) is 11.3 Å². The van der Waals surface area contributed by atoms with E-state index in [1.54, 1.807) is 0 Å². The minimum Gasteiger partial charge on any atom is -0.422 e. The molecule has 3 nitrogen and oxygen atoms in total. The second kappa shape index (κ2) is 8.54. The summed E-state index contributed by atoms with van der Waals surface area (Å²) in [6.45, 7) is 4.64. The molecule has 4 heteroatoms. The molecule has 200 valence electrons. The topological polar surface area (TPSA) is 29.3 Å². The molecule has 0 amide bonds. The van der Waals surface area contributed by atoms with E-state index >= 15 is 0 Å². The molecular formula is C38H26N2OS. The maximum absolute atomic E-state index is 6.68. The minimum absolute atomic E-state index is 0.112. The Balaban J connectivity index is 1.30. The lowest BCUT2D eigenvalue weighted by atomic mass is 9.82. The first-order chi connectivity index (χ1) is 20.6. The van der Waals surface area contributed by atoms with Gasteiger partial charge in [-0.05, 0) is 70.1 Å². The van der Waals surface area contributed by atoms with Crippen molar-refractivity contribution in [2.45, 2.75) is 19.3 Å². The lowest BCUT2D eigenvalue weighted by Crippen LogP contribution is -2.16. The average molecular weight is 559 g/mol. The molecular weight excluding hydrogens is 532 g/mol. The third kappa shape index (κ3) is 3.30. The Labute approximate surface area is 247 Å². The summed E-state index contributed by atoms with van der Waals surface area (Å²) >= 11 is 1.83. The Hall–Kier alpha value is -4.93. The number of benzene rings is 6. The SMILES string of the molecule is CC1(C)c2ccccc2-c2ccc(N(c3ccc4sc5ccccc5c4c3)c3nc4ccc5ccccc5c4o3)cc21. The molecule has 1 aliphatic rings. The first-order valence-electron chi connectivity index (χ1n) is 14.3. The van der Waals surface area contributed by atoms with Crippen molar-refractivity contribution in [3.8, 4) is 11.1 Å². The normalized spacial score (nSPS) is 13.7. The van der Waals surface area contributed by atoms with Crippen LogP contribution in [0.4, 0.5) is 17.4 Å². The zero-order chi connectivity index (χ0) is 28.0. The Morgan fingerprint density at radius 1 is 0.619 bits per heavy atom. The molecule has 0 fully saturated rings. The van der Waals surface area contributed by atoms with Gasteiger partial charge in [0, 0.05) is 31.0 Å². The van der Waals surface area contributed by atoms with Gasteiger partial charge in [0.2, 0.25) is 0 Å². The van der Waals surface area contributed by atoms with Crippen LogP contribution in [0.25, 0.3) is 53.2 Å². The fourth-order valence-corrected chi connectivity index (χ4v) is 7.88. The van der Waals surface area contributed by atoms with Crippen molar-refractivity contribution < 1.29 is 4.42 Å². The Morgan fingerprint density at radius 3 is 2.26 bits per heavy atom.